The number of aliphatic carboxylic acids is 1. The van der Waals surface area contributed by atoms with Crippen molar-refractivity contribution in [2.45, 2.75) is 327 Å². The molecule has 6 atom stereocenters. The number of aliphatic hydroxyl groups is 2. The van der Waals surface area contributed by atoms with Crippen LogP contribution in [0.2, 0.25) is 0 Å². The summed E-state index contributed by atoms with van der Waals surface area (Å²) in [4.78, 5) is 51.3. The van der Waals surface area contributed by atoms with Crippen LogP contribution in [-0.2, 0) is 42.9 Å². The summed E-state index contributed by atoms with van der Waals surface area (Å²) in [5, 5.41) is 31.6. The molecular formula is C67H116O12. The molecule has 12 nitrogen and oxygen atoms in total. The number of rotatable bonds is 55. The summed E-state index contributed by atoms with van der Waals surface area (Å²) in [7, 11) is 0. The average molecular weight is 1110 g/mol. The van der Waals surface area contributed by atoms with Gasteiger partial charge in [-0.25, -0.2) is 4.79 Å². The Labute approximate surface area is 481 Å². The molecule has 0 aromatic rings. The van der Waals surface area contributed by atoms with Gasteiger partial charge in [0, 0.05) is 19.3 Å². The first-order valence-electron chi connectivity index (χ1n) is 32.3. The number of carboxylic acids is 1. The molecule has 0 amide bonds. The van der Waals surface area contributed by atoms with Crippen LogP contribution in [0.25, 0.3) is 0 Å². The fraction of sp³-hybridized carbons (Fsp3) is 0.791. The Morgan fingerprint density at radius 1 is 0.418 bits per heavy atom. The number of carboxylic acid groups (broad SMARTS) is 1. The molecule has 1 aliphatic rings. The van der Waals surface area contributed by atoms with Crippen LogP contribution in [0.3, 0.4) is 0 Å². The molecule has 0 radical (unpaired) electrons. The van der Waals surface area contributed by atoms with Gasteiger partial charge in [-0.2, -0.15) is 0 Å². The van der Waals surface area contributed by atoms with Gasteiger partial charge in [0.25, 0.3) is 0 Å². The van der Waals surface area contributed by atoms with Gasteiger partial charge in [-0.15, -0.1) is 0 Å². The van der Waals surface area contributed by atoms with E-state index in [1.807, 2.05) is 0 Å². The van der Waals surface area contributed by atoms with Gasteiger partial charge in [-0.1, -0.05) is 223 Å². The van der Waals surface area contributed by atoms with Crippen LogP contribution in [-0.4, -0.2) is 89.2 Å². The van der Waals surface area contributed by atoms with Crippen LogP contribution in [0.5, 0.6) is 0 Å². The molecule has 0 aromatic carbocycles. The van der Waals surface area contributed by atoms with E-state index in [0.717, 1.165) is 122 Å². The maximum atomic E-state index is 13.2. The lowest BCUT2D eigenvalue weighted by Gasteiger charge is -2.40. The van der Waals surface area contributed by atoms with Crippen molar-refractivity contribution in [1.29, 1.82) is 0 Å². The molecule has 456 valence electrons. The molecular weight excluding hydrogens is 997 g/mol. The van der Waals surface area contributed by atoms with Crippen molar-refractivity contribution >= 4 is 23.9 Å². The predicted octanol–water partition coefficient (Wildman–Crippen LogP) is 17.1. The Morgan fingerprint density at radius 2 is 0.759 bits per heavy atom. The quantitative estimate of drug-likeness (QED) is 0.0228. The third kappa shape index (κ3) is 44.7. The average Bonchev–Trinajstić information content (AvgIpc) is 3.46. The molecule has 1 saturated heterocycles. The van der Waals surface area contributed by atoms with Crippen LogP contribution in [0, 0.1) is 0 Å². The van der Waals surface area contributed by atoms with Crippen molar-refractivity contribution in [2.24, 2.45) is 0 Å². The largest absolute Gasteiger partial charge is 0.479 e. The van der Waals surface area contributed by atoms with Gasteiger partial charge in [0.05, 0.1) is 6.61 Å². The molecule has 0 saturated carbocycles. The number of carbonyl (C=O) groups is 4. The van der Waals surface area contributed by atoms with Crippen LogP contribution >= 0.6 is 0 Å². The third-order valence-corrected chi connectivity index (χ3v) is 14.5. The van der Waals surface area contributed by atoms with Crippen LogP contribution < -0.4 is 0 Å². The highest BCUT2D eigenvalue weighted by Gasteiger charge is 2.50. The molecule has 12 heteroatoms. The van der Waals surface area contributed by atoms with Gasteiger partial charge >= 0.3 is 23.9 Å². The van der Waals surface area contributed by atoms with E-state index in [2.05, 4.69) is 81.5 Å². The molecule has 1 heterocycles. The lowest BCUT2D eigenvalue weighted by atomic mass is 9.98. The first-order valence-corrected chi connectivity index (χ1v) is 32.3. The molecule has 6 unspecified atom stereocenters. The molecule has 1 aliphatic heterocycles. The minimum Gasteiger partial charge on any atom is -0.479 e. The van der Waals surface area contributed by atoms with Crippen molar-refractivity contribution < 1.29 is 58.2 Å². The van der Waals surface area contributed by atoms with Gasteiger partial charge in [0.15, 0.2) is 24.6 Å². The summed E-state index contributed by atoms with van der Waals surface area (Å²) in [5.74, 6) is -3.13. The lowest BCUT2D eigenvalue weighted by Crippen LogP contribution is -2.61. The number of hydrogen-bond acceptors (Lipinski definition) is 11. The van der Waals surface area contributed by atoms with E-state index in [9.17, 15) is 34.5 Å². The second-order valence-corrected chi connectivity index (χ2v) is 22.0. The molecule has 0 bridgehead atoms. The molecule has 79 heavy (non-hydrogen) atoms. The smallest absolute Gasteiger partial charge is 0.335 e. The minimum absolute atomic E-state index is 0.0491. The highest BCUT2D eigenvalue weighted by Crippen LogP contribution is 2.27. The second-order valence-electron chi connectivity index (χ2n) is 22.0. The maximum Gasteiger partial charge on any atom is 0.335 e. The van der Waals surface area contributed by atoms with Crippen molar-refractivity contribution in [1.82, 2.24) is 0 Å². The van der Waals surface area contributed by atoms with Crippen molar-refractivity contribution in [3.63, 3.8) is 0 Å². The summed E-state index contributed by atoms with van der Waals surface area (Å²) in [6.45, 7) is 5.95. The number of aliphatic hydroxyl groups excluding tert-OH is 2. The van der Waals surface area contributed by atoms with Gasteiger partial charge in [0.1, 0.15) is 18.8 Å². The predicted molar refractivity (Wildman–Crippen MR) is 322 cm³/mol. The molecule has 3 N–H and O–H groups in total. The third-order valence-electron chi connectivity index (χ3n) is 14.5. The monoisotopic (exact) mass is 1110 g/mol. The maximum absolute atomic E-state index is 13.2. The summed E-state index contributed by atoms with van der Waals surface area (Å²) in [5.41, 5.74) is 0. The number of ether oxygens (including phenoxy) is 5. The zero-order valence-corrected chi connectivity index (χ0v) is 50.4. The zero-order valence-electron chi connectivity index (χ0n) is 50.4. The topological polar surface area (TPSA) is 175 Å². The van der Waals surface area contributed by atoms with E-state index in [-0.39, 0.29) is 25.9 Å². The van der Waals surface area contributed by atoms with E-state index in [4.69, 9.17) is 23.7 Å². The Morgan fingerprint density at radius 3 is 1.18 bits per heavy atom. The van der Waals surface area contributed by atoms with Crippen LogP contribution in [0.1, 0.15) is 290 Å². The zero-order chi connectivity index (χ0) is 57.5. The Balaban J connectivity index is 2.68. The standard InChI is InChI=1S/C67H116O12/c1-4-7-10-13-16-19-22-25-28-30-33-35-38-41-44-47-50-53-59(68)75-56-58(77-60(69)54-51-48-45-42-39-37-34-31-29-26-23-20-17-14-11-8-5-2)57-76-67-65(63(72)62(71)64(79-67)66(73)74)78-61(70)55-52-49-46-43-40-36-32-27-24-21-18-15-12-9-6-3/h16-17,19-20,25-29,32,58,62-65,67,71-72H,4-15,18,21-24,30-31,33-57H2,1-3H3,(H,73,74)/b19-16-,20-17-,28-25-,29-26-,32-27-. The number of allylic oxidation sites excluding steroid dienone is 10. The van der Waals surface area contributed by atoms with E-state index in [1.54, 1.807) is 0 Å². The SMILES string of the molecule is CCCCC/C=C\C/C=C\CCCCCCCCCC(=O)OCC(COC1OC(C(=O)O)C(O)C(O)C1OC(=O)CCCCCCC/C=C\CCCCCCCC)OC(=O)CCCCCCCCC/C=C\C/C=C\CCCCC. The Bertz CT molecular complexity index is 1600. The van der Waals surface area contributed by atoms with E-state index in [1.165, 1.54) is 109 Å². The van der Waals surface area contributed by atoms with Crippen molar-refractivity contribution in [2.75, 3.05) is 13.2 Å². The van der Waals surface area contributed by atoms with Gasteiger partial charge in [-0.3, -0.25) is 14.4 Å². The molecule has 0 spiro atoms. The van der Waals surface area contributed by atoms with E-state index < -0.39 is 67.3 Å². The molecule has 0 aliphatic carbocycles. The normalized spacial score (nSPS) is 18.2. The minimum atomic E-state index is -1.91. The summed E-state index contributed by atoms with van der Waals surface area (Å²) >= 11 is 0. The summed E-state index contributed by atoms with van der Waals surface area (Å²) < 4.78 is 28.5. The molecule has 1 rings (SSSR count). The lowest BCUT2D eigenvalue weighted by molar-refractivity contribution is -0.301. The van der Waals surface area contributed by atoms with Crippen LogP contribution in [0.15, 0.2) is 60.8 Å². The number of unbranched alkanes of at least 4 members (excludes halogenated alkanes) is 31. The molecule has 1 fully saturated rings. The first kappa shape index (κ1) is 73.4. The van der Waals surface area contributed by atoms with Crippen LogP contribution in [0.4, 0.5) is 0 Å². The Hall–Kier alpha value is -3.58. The van der Waals surface area contributed by atoms with Gasteiger partial charge < -0.3 is 39.0 Å². The van der Waals surface area contributed by atoms with E-state index >= 15 is 0 Å². The van der Waals surface area contributed by atoms with Gasteiger partial charge in [-0.05, 0) is 109 Å². The Kier molecular flexibility index (Phi) is 51.1. The number of carbonyl (C=O) groups excluding carboxylic acids is 3. The molecule has 0 aromatic heterocycles. The fourth-order valence-corrected chi connectivity index (χ4v) is 9.54. The second kappa shape index (κ2) is 55.0. The first-order chi connectivity index (χ1) is 38.6. The van der Waals surface area contributed by atoms with Crippen molar-refractivity contribution in [3.8, 4) is 0 Å². The summed E-state index contributed by atoms with van der Waals surface area (Å²) in [6, 6.07) is 0. The summed E-state index contributed by atoms with van der Waals surface area (Å²) in [6.07, 6.45) is 56.0. The highest BCUT2D eigenvalue weighted by molar-refractivity contribution is 5.74. The van der Waals surface area contributed by atoms with Gasteiger partial charge in [0.2, 0.25) is 0 Å². The highest BCUT2D eigenvalue weighted by atomic mass is 16.7. The fourth-order valence-electron chi connectivity index (χ4n) is 9.54. The number of hydrogen-bond donors (Lipinski definition) is 3. The number of esters is 3. The van der Waals surface area contributed by atoms with E-state index in [0.29, 0.717) is 19.3 Å². The van der Waals surface area contributed by atoms with Crippen molar-refractivity contribution in [3.05, 3.63) is 60.8 Å².